The SMILES string of the molecule is CC/C=C\C/C=C\C/C=C\C/C=C\C/C=C\C/C=C\CCCCCCC(=O)NC(COC1OC(CO)C(OC2OC(CO)C(O)C(O)C2O)C(O)C1O)C(O)/C=C/CCCCC. The lowest BCUT2D eigenvalue weighted by atomic mass is 9.97. The fourth-order valence-electron chi connectivity index (χ4n) is 6.82. The van der Waals surface area contributed by atoms with Gasteiger partial charge in [0.25, 0.3) is 0 Å². The Labute approximate surface area is 370 Å². The molecule has 12 atom stereocenters. The third-order valence-electron chi connectivity index (χ3n) is 10.6. The van der Waals surface area contributed by atoms with Crippen molar-refractivity contribution in [1.82, 2.24) is 5.32 Å². The van der Waals surface area contributed by atoms with E-state index in [1.165, 1.54) is 0 Å². The molecule has 0 saturated carbocycles. The molecule has 14 heteroatoms. The Morgan fingerprint density at radius 2 is 1.11 bits per heavy atom. The lowest BCUT2D eigenvalue weighted by Crippen LogP contribution is -2.65. The molecule has 62 heavy (non-hydrogen) atoms. The fraction of sp³-hybridized carbons (Fsp3) is 0.688. The Hall–Kier alpha value is -2.83. The molecule has 2 rings (SSSR count). The van der Waals surface area contributed by atoms with Gasteiger partial charge in [0.2, 0.25) is 5.91 Å². The quantitative estimate of drug-likeness (QED) is 0.0332. The lowest BCUT2D eigenvalue weighted by molar-refractivity contribution is -0.359. The van der Waals surface area contributed by atoms with Crippen molar-refractivity contribution in [2.75, 3.05) is 19.8 Å². The summed E-state index contributed by atoms with van der Waals surface area (Å²) < 4.78 is 22.5. The van der Waals surface area contributed by atoms with Crippen LogP contribution in [0.25, 0.3) is 0 Å². The van der Waals surface area contributed by atoms with Crippen molar-refractivity contribution in [2.24, 2.45) is 0 Å². The highest BCUT2D eigenvalue weighted by Gasteiger charge is 2.50. The summed E-state index contributed by atoms with van der Waals surface area (Å²) in [5, 5.41) is 86.0. The molecule has 2 saturated heterocycles. The minimum absolute atomic E-state index is 0.244. The molecule has 1 amide bonds. The van der Waals surface area contributed by atoms with Crippen molar-refractivity contribution < 1.29 is 64.6 Å². The zero-order chi connectivity index (χ0) is 45.4. The van der Waals surface area contributed by atoms with Crippen LogP contribution in [-0.2, 0) is 23.7 Å². The van der Waals surface area contributed by atoms with Gasteiger partial charge in [-0.05, 0) is 70.6 Å². The first-order chi connectivity index (χ1) is 30.1. The average molecular weight is 878 g/mol. The number of allylic oxidation sites excluding steroid dienone is 13. The van der Waals surface area contributed by atoms with E-state index in [-0.39, 0.29) is 18.9 Å². The Bertz CT molecular complexity index is 1360. The van der Waals surface area contributed by atoms with E-state index in [0.717, 1.165) is 89.9 Å². The number of carbonyl (C=O) groups is 1. The molecule has 12 unspecified atom stereocenters. The van der Waals surface area contributed by atoms with Gasteiger partial charge in [-0.3, -0.25) is 4.79 Å². The highest BCUT2D eigenvalue weighted by molar-refractivity contribution is 5.76. The van der Waals surface area contributed by atoms with Crippen LogP contribution in [0.3, 0.4) is 0 Å². The van der Waals surface area contributed by atoms with Gasteiger partial charge in [-0.1, -0.05) is 125 Å². The van der Waals surface area contributed by atoms with Crippen molar-refractivity contribution in [1.29, 1.82) is 0 Å². The second-order valence-electron chi connectivity index (χ2n) is 15.8. The predicted molar refractivity (Wildman–Crippen MR) is 239 cm³/mol. The second kappa shape index (κ2) is 34.6. The number of rotatable bonds is 32. The van der Waals surface area contributed by atoms with Gasteiger partial charge in [0.1, 0.15) is 48.8 Å². The van der Waals surface area contributed by atoms with Gasteiger partial charge >= 0.3 is 0 Å². The van der Waals surface area contributed by atoms with E-state index in [1.807, 2.05) is 6.08 Å². The number of ether oxygens (including phenoxy) is 4. The van der Waals surface area contributed by atoms with E-state index in [9.17, 15) is 45.6 Å². The minimum atomic E-state index is -1.79. The summed E-state index contributed by atoms with van der Waals surface area (Å²) in [5.41, 5.74) is 0. The van der Waals surface area contributed by atoms with Gasteiger partial charge in [0.05, 0.1) is 32.0 Å². The molecule has 9 N–H and O–H groups in total. The lowest BCUT2D eigenvalue weighted by Gasteiger charge is -2.46. The Balaban J connectivity index is 1.76. The van der Waals surface area contributed by atoms with Crippen molar-refractivity contribution in [3.63, 3.8) is 0 Å². The Morgan fingerprint density at radius 1 is 0.597 bits per heavy atom. The number of unbranched alkanes of at least 4 members (excludes halogenated alkanes) is 7. The van der Waals surface area contributed by atoms with Crippen LogP contribution in [-0.4, -0.2) is 140 Å². The minimum Gasteiger partial charge on any atom is -0.394 e. The average Bonchev–Trinajstić information content (AvgIpc) is 3.27. The highest BCUT2D eigenvalue weighted by Crippen LogP contribution is 2.29. The molecule has 0 spiro atoms. The number of hydrogen-bond acceptors (Lipinski definition) is 13. The molecule has 2 aliphatic rings. The number of aliphatic hydroxyl groups is 8. The van der Waals surface area contributed by atoms with Gasteiger partial charge in [-0.2, -0.15) is 0 Å². The molecule has 0 bridgehead atoms. The third-order valence-corrected chi connectivity index (χ3v) is 10.6. The zero-order valence-electron chi connectivity index (χ0n) is 37.1. The van der Waals surface area contributed by atoms with Crippen LogP contribution in [0, 0.1) is 0 Å². The molecule has 0 radical (unpaired) electrons. The first-order valence-corrected chi connectivity index (χ1v) is 22.8. The normalized spacial score (nSPS) is 28.5. The molecular formula is C48H79NO13. The molecular weight excluding hydrogens is 799 g/mol. The zero-order valence-corrected chi connectivity index (χ0v) is 37.1. The maximum atomic E-state index is 13.0. The van der Waals surface area contributed by atoms with E-state index >= 15 is 0 Å². The van der Waals surface area contributed by atoms with Gasteiger partial charge in [0.15, 0.2) is 12.6 Å². The van der Waals surface area contributed by atoms with E-state index in [0.29, 0.717) is 6.42 Å². The summed E-state index contributed by atoms with van der Waals surface area (Å²) in [6, 6.07) is -0.929. The number of nitrogens with one attached hydrogen (secondary N) is 1. The second-order valence-corrected chi connectivity index (χ2v) is 15.8. The summed E-state index contributed by atoms with van der Waals surface area (Å²) in [6.45, 7) is 2.48. The molecule has 0 aromatic heterocycles. The smallest absolute Gasteiger partial charge is 0.220 e. The van der Waals surface area contributed by atoms with Gasteiger partial charge < -0.3 is 65.1 Å². The van der Waals surface area contributed by atoms with Crippen LogP contribution in [0.1, 0.15) is 117 Å². The predicted octanol–water partition coefficient (Wildman–Crippen LogP) is 4.65. The van der Waals surface area contributed by atoms with E-state index in [1.54, 1.807) is 6.08 Å². The molecule has 0 aliphatic carbocycles. The number of hydrogen-bond donors (Lipinski definition) is 9. The van der Waals surface area contributed by atoms with Crippen LogP contribution >= 0.6 is 0 Å². The first-order valence-electron chi connectivity index (χ1n) is 22.8. The fourth-order valence-corrected chi connectivity index (χ4v) is 6.82. The molecule has 14 nitrogen and oxygen atoms in total. The van der Waals surface area contributed by atoms with E-state index < -0.39 is 86.8 Å². The van der Waals surface area contributed by atoms with Crippen LogP contribution in [0.5, 0.6) is 0 Å². The van der Waals surface area contributed by atoms with Crippen molar-refractivity contribution >= 4 is 5.91 Å². The molecule has 0 aromatic carbocycles. The van der Waals surface area contributed by atoms with E-state index in [4.69, 9.17) is 18.9 Å². The number of amides is 1. The van der Waals surface area contributed by atoms with E-state index in [2.05, 4.69) is 92.1 Å². The van der Waals surface area contributed by atoms with Gasteiger partial charge in [-0.25, -0.2) is 0 Å². The third kappa shape index (κ3) is 22.2. The summed E-state index contributed by atoms with van der Waals surface area (Å²) in [6.07, 6.45) is 26.9. The summed E-state index contributed by atoms with van der Waals surface area (Å²) in [5.74, 6) is -0.277. The molecule has 2 heterocycles. The summed E-state index contributed by atoms with van der Waals surface area (Å²) in [4.78, 5) is 13.0. The monoisotopic (exact) mass is 878 g/mol. The molecule has 2 aliphatic heterocycles. The largest absolute Gasteiger partial charge is 0.394 e. The van der Waals surface area contributed by atoms with Gasteiger partial charge in [0, 0.05) is 6.42 Å². The van der Waals surface area contributed by atoms with Crippen LogP contribution in [0.4, 0.5) is 0 Å². The number of carbonyl (C=O) groups excluding carboxylic acids is 1. The van der Waals surface area contributed by atoms with Crippen molar-refractivity contribution in [3.8, 4) is 0 Å². The van der Waals surface area contributed by atoms with Crippen LogP contribution in [0.15, 0.2) is 85.1 Å². The van der Waals surface area contributed by atoms with Crippen molar-refractivity contribution in [3.05, 3.63) is 85.1 Å². The topological polar surface area (TPSA) is 228 Å². The van der Waals surface area contributed by atoms with Crippen LogP contribution in [0.2, 0.25) is 0 Å². The highest BCUT2D eigenvalue weighted by atomic mass is 16.7. The Morgan fingerprint density at radius 3 is 1.69 bits per heavy atom. The molecule has 0 aromatic rings. The van der Waals surface area contributed by atoms with Crippen molar-refractivity contribution in [2.45, 2.75) is 190 Å². The Kier molecular flexibility index (Phi) is 30.8. The summed E-state index contributed by atoms with van der Waals surface area (Å²) in [7, 11) is 0. The maximum absolute atomic E-state index is 13.0. The molecule has 354 valence electrons. The molecule has 2 fully saturated rings. The maximum Gasteiger partial charge on any atom is 0.220 e. The standard InChI is InChI=1S/C48H79NO13/c1-3-5-7-9-10-11-12-13-14-15-16-17-18-19-20-21-22-23-24-25-26-28-30-32-40(53)49-36(37(52)31-29-27-8-6-4-2)35-59-47-45(58)43(56)46(39(34-51)61-47)62-48-44(57)42(55)41(54)38(33-50)60-48/h5,7,10-11,13-14,16-17,19-20,22-23,29,31,36-39,41-48,50-52,54-58H,3-4,6,8-9,12,15,18,21,24-28,30,32-35H2,1-2H3,(H,49,53)/b7-5-,11-10-,14-13-,17-16-,20-19-,23-22-,31-29+. The van der Waals surface area contributed by atoms with Crippen LogP contribution < -0.4 is 5.32 Å². The van der Waals surface area contributed by atoms with Gasteiger partial charge in [-0.15, -0.1) is 0 Å². The summed E-state index contributed by atoms with van der Waals surface area (Å²) >= 11 is 0. The number of aliphatic hydroxyl groups excluding tert-OH is 8. The first kappa shape index (κ1) is 55.3.